The molecule has 11 aromatic carbocycles. The summed E-state index contributed by atoms with van der Waals surface area (Å²) in [6.45, 7) is 0. The molecule has 0 amide bonds. The second-order valence-electron chi connectivity index (χ2n) is 19.4. The molecule has 0 unspecified atom stereocenters. The van der Waals surface area contributed by atoms with Crippen LogP contribution in [0.3, 0.4) is 0 Å². The van der Waals surface area contributed by atoms with Crippen molar-refractivity contribution in [3.63, 3.8) is 0 Å². The van der Waals surface area contributed by atoms with Gasteiger partial charge in [0.05, 0.1) is 11.6 Å². The van der Waals surface area contributed by atoms with Crippen LogP contribution in [-0.2, 0) is 22.2 Å². The van der Waals surface area contributed by atoms with Gasteiger partial charge in [0, 0.05) is 11.4 Å². The summed E-state index contributed by atoms with van der Waals surface area (Å²) in [6.07, 6.45) is 0. The fraction of sp³-hybridized carbons (Fsp3) is 0.0563. The number of hydrogen-bond acceptors (Lipinski definition) is 3. The molecular formula is C71H51N3. The Labute approximate surface area is 434 Å². The molecule has 0 atom stereocenters. The van der Waals surface area contributed by atoms with Crippen molar-refractivity contribution in [2.45, 2.75) is 22.2 Å². The van der Waals surface area contributed by atoms with E-state index in [-0.39, 0.29) is 0 Å². The van der Waals surface area contributed by atoms with Gasteiger partial charge in [0.25, 0.3) is 0 Å². The Kier molecular flexibility index (Phi) is 10.8. The summed E-state index contributed by atoms with van der Waals surface area (Å²) in [5, 5.41) is 11.8. The molecule has 0 saturated carbocycles. The molecular weight excluding hydrogens is 895 g/mol. The van der Waals surface area contributed by atoms with Gasteiger partial charge >= 0.3 is 0 Å². The number of rotatable bonds is 10. The molecule has 0 N–H and O–H groups in total. The second kappa shape index (κ2) is 18.0. The van der Waals surface area contributed by atoms with Crippen LogP contribution in [0.25, 0.3) is 0 Å². The van der Waals surface area contributed by atoms with Crippen LogP contribution in [0.1, 0.15) is 72.3 Å². The Hall–Kier alpha value is -9.49. The Morgan fingerprint density at radius 3 is 0.581 bits per heavy atom. The third-order valence-electron chi connectivity index (χ3n) is 15.8. The smallest absolute Gasteiger partial charge is 0.118 e. The van der Waals surface area contributed by atoms with E-state index < -0.39 is 22.2 Å². The van der Waals surface area contributed by atoms with Crippen molar-refractivity contribution in [3.8, 4) is 6.07 Å². The van der Waals surface area contributed by atoms with Gasteiger partial charge in [0.15, 0.2) is 0 Å². The largest absolute Gasteiger partial charge is 0.335 e. The Morgan fingerprint density at radius 2 is 0.405 bits per heavy atom. The highest BCUT2D eigenvalue weighted by Gasteiger charge is 2.64. The van der Waals surface area contributed by atoms with Crippen LogP contribution >= 0.6 is 0 Å². The van der Waals surface area contributed by atoms with E-state index in [2.05, 4.69) is 325 Å². The summed E-state index contributed by atoms with van der Waals surface area (Å²) in [5.41, 5.74) is 12.0. The normalized spacial score (nSPS) is 15.4. The molecule has 350 valence electrons. The molecule has 11 aromatic rings. The van der Waals surface area contributed by atoms with Gasteiger partial charge in [0.2, 0.25) is 0 Å². The summed E-state index contributed by atoms with van der Waals surface area (Å²) in [5.74, 6) is 0. The van der Waals surface area contributed by atoms with E-state index in [4.69, 9.17) is 0 Å². The zero-order valence-electron chi connectivity index (χ0n) is 40.8. The number of fused-ring (bicyclic) bond motifs is 2. The van der Waals surface area contributed by atoms with E-state index in [1.165, 1.54) is 0 Å². The summed E-state index contributed by atoms with van der Waals surface area (Å²) >= 11 is 0. The molecule has 0 bridgehead atoms. The van der Waals surface area contributed by atoms with Gasteiger partial charge in [0.1, 0.15) is 22.2 Å². The molecule has 2 aliphatic heterocycles. The highest BCUT2D eigenvalue weighted by atomic mass is 15.3. The first-order chi connectivity index (χ1) is 36.7. The fourth-order valence-electron chi connectivity index (χ4n) is 13.3. The lowest BCUT2D eigenvalue weighted by atomic mass is 9.76. The number of benzene rings is 11. The monoisotopic (exact) mass is 945 g/mol. The van der Waals surface area contributed by atoms with Gasteiger partial charge in [-0.25, -0.2) is 0 Å². The van der Waals surface area contributed by atoms with Gasteiger partial charge in [-0.05, 0) is 85.0 Å². The molecule has 2 heterocycles. The number of nitrogens with zero attached hydrogens (tertiary/aromatic N) is 3. The number of hydrogen-bond donors (Lipinski definition) is 0. The number of nitriles is 1. The lowest BCUT2D eigenvalue weighted by molar-refractivity contribution is 0.489. The minimum atomic E-state index is -0.948. The van der Waals surface area contributed by atoms with Crippen molar-refractivity contribution >= 4 is 11.4 Å². The van der Waals surface area contributed by atoms with Crippen LogP contribution < -0.4 is 9.80 Å². The topological polar surface area (TPSA) is 30.3 Å². The zero-order chi connectivity index (χ0) is 49.6. The Balaban J connectivity index is 1.25. The van der Waals surface area contributed by atoms with Crippen molar-refractivity contribution in [1.82, 2.24) is 0 Å². The maximum absolute atomic E-state index is 11.8. The first kappa shape index (κ1) is 44.5. The van der Waals surface area contributed by atoms with Gasteiger partial charge in [-0.15, -0.1) is 0 Å². The highest BCUT2D eigenvalue weighted by Crippen LogP contribution is 2.66. The van der Waals surface area contributed by atoms with Gasteiger partial charge < -0.3 is 9.80 Å². The predicted octanol–water partition coefficient (Wildman–Crippen LogP) is 15.8. The van der Waals surface area contributed by atoms with E-state index in [9.17, 15) is 5.26 Å². The fourth-order valence-corrected chi connectivity index (χ4v) is 13.3. The molecule has 74 heavy (non-hydrogen) atoms. The van der Waals surface area contributed by atoms with Crippen LogP contribution in [0.2, 0.25) is 0 Å². The first-order valence-corrected chi connectivity index (χ1v) is 25.5. The van der Waals surface area contributed by atoms with E-state index in [0.717, 1.165) is 78.1 Å². The third kappa shape index (κ3) is 6.25. The average Bonchev–Trinajstić information content (AvgIpc) is 3.96. The lowest BCUT2D eigenvalue weighted by Crippen LogP contribution is -2.55. The van der Waals surface area contributed by atoms with Crippen LogP contribution in [0, 0.1) is 11.3 Å². The summed E-state index contributed by atoms with van der Waals surface area (Å²) in [7, 11) is 0. The van der Waals surface area contributed by atoms with Crippen molar-refractivity contribution in [2.24, 2.45) is 0 Å². The number of anilines is 2. The predicted molar refractivity (Wildman–Crippen MR) is 300 cm³/mol. The van der Waals surface area contributed by atoms with Crippen LogP contribution in [0.15, 0.2) is 309 Å². The Bertz CT molecular complexity index is 3160. The maximum Gasteiger partial charge on any atom is 0.118 e. The molecule has 0 saturated heterocycles. The zero-order valence-corrected chi connectivity index (χ0v) is 40.8. The maximum atomic E-state index is 11.8. The SMILES string of the molecule is N#Cc1cc(N2C(c3ccccc3)(c3ccccc3)c3ccccc3C2(c2ccccc2)c2ccccc2)cc(N2C(c3ccccc3)(c3ccccc3)c3ccccc3C2(c2ccccc2)c2ccccc2)c1. The minimum Gasteiger partial charge on any atom is -0.335 e. The van der Waals surface area contributed by atoms with Crippen molar-refractivity contribution < 1.29 is 0 Å². The van der Waals surface area contributed by atoms with Gasteiger partial charge in [-0.3, -0.25) is 0 Å². The van der Waals surface area contributed by atoms with Crippen LogP contribution in [-0.4, -0.2) is 0 Å². The molecule has 0 fully saturated rings. The summed E-state index contributed by atoms with van der Waals surface area (Å²) in [4.78, 5) is 5.35. The summed E-state index contributed by atoms with van der Waals surface area (Å²) in [6, 6.07) is 115. The second-order valence-corrected chi connectivity index (χ2v) is 19.4. The molecule has 3 nitrogen and oxygen atoms in total. The molecule has 13 rings (SSSR count). The molecule has 3 heteroatoms. The molecule has 2 aliphatic rings. The van der Waals surface area contributed by atoms with E-state index >= 15 is 0 Å². The Morgan fingerprint density at radius 1 is 0.230 bits per heavy atom. The van der Waals surface area contributed by atoms with Gasteiger partial charge in [-0.2, -0.15) is 5.26 Å². The van der Waals surface area contributed by atoms with E-state index in [1.54, 1.807) is 0 Å². The molecule has 0 aromatic heterocycles. The molecule has 0 aliphatic carbocycles. The quantitative estimate of drug-likeness (QED) is 0.137. The van der Waals surface area contributed by atoms with Crippen molar-refractivity contribution in [2.75, 3.05) is 9.80 Å². The van der Waals surface area contributed by atoms with Crippen LogP contribution in [0.5, 0.6) is 0 Å². The van der Waals surface area contributed by atoms with Gasteiger partial charge in [-0.1, -0.05) is 291 Å². The van der Waals surface area contributed by atoms with Crippen LogP contribution in [0.4, 0.5) is 11.4 Å². The van der Waals surface area contributed by atoms with E-state index in [1.807, 2.05) is 0 Å². The molecule has 0 spiro atoms. The first-order valence-electron chi connectivity index (χ1n) is 25.5. The lowest BCUT2D eigenvalue weighted by Gasteiger charge is -2.52. The van der Waals surface area contributed by atoms with Crippen molar-refractivity contribution in [1.29, 1.82) is 5.26 Å². The highest BCUT2D eigenvalue weighted by molar-refractivity contribution is 5.84. The van der Waals surface area contributed by atoms with E-state index in [0.29, 0.717) is 5.56 Å². The molecule has 0 radical (unpaired) electrons. The van der Waals surface area contributed by atoms with Crippen molar-refractivity contribution in [3.05, 3.63) is 382 Å². The minimum absolute atomic E-state index is 0.541. The third-order valence-corrected chi connectivity index (χ3v) is 15.8. The average molecular weight is 946 g/mol. The standard InChI is InChI=1S/C71H51N3/c72-52-53-49-62(73-68(54-29-9-1-10-30-54,55-31-11-2-12-32-55)64-45-25-26-46-65(64)69(73,56-33-13-3-14-34-56)57-35-15-4-16-36-57)51-63(50-53)74-70(58-37-17-5-18-38-58,59-39-19-6-20-40-59)66-47-27-28-48-67(66)71(74,60-41-21-7-22-42-60)61-43-23-8-24-44-61/h1-51H. The summed E-state index contributed by atoms with van der Waals surface area (Å²) < 4.78 is 0.